The smallest absolute Gasteiger partial charge is 0.248 e. The highest BCUT2D eigenvalue weighted by Crippen LogP contribution is 2.38. The van der Waals surface area contributed by atoms with Crippen LogP contribution in [0.4, 0.5) is 14.6 Å². The maximum absolute atomic E-state index is 13.2. The molecule has 2 fully saturated rings. The lowest BCUT2D eigenvalue weighted by molar-refractivity contribution is -0.0978. The van der Waals surface area contributed by atoms with E-state index in [1.165, 1.54) is 6.33 Å². The van der Waals surface area contributed by atoms with Crippen LogP contribution < -0.4 is 5.32 Å². The van der Waals surface area contributed by atoms with Crippen molar-refractivity contribution in [2.45, 2.75) is 49.5 Å². The van der Waals surface area contributed by atoms with Crippen LogP contribution in [0.15, 0.2) is 12.4 Å². The predicted octanol–water partition coefficient (Wildman–Crippen LogP) is 2.33. The molecule has 2 N–H and O–H groups in total. The third-order valence-electron chi connectivity index (χ3n) is 4.55. The Morgan fingerprint density at radius 3 is 2.73 bits per heavy atom. The van der Waals surface area contributed by atoms with Crippen molar-refractivity contribution in [3.63, 3.8) is 0 Å². The molecule has 7 heteroatoms. The van der Waals surface area contributed by atoms with Gasteiger partial charge in [0.2, 0.25) is 5.92 Å². The van der Waals surface area contributed by atoms with Crippen molar-refractivity contribution in [1.29, 1.82) is 0 Å². The van der Waals surface area contributed by atoms with Crippen LogP contribution in [0.5, 0.6) is 0 Å². The van der Waals surface area contributed by atoms with Gasteiger partial charge in [-0.1, -0.05) is 0 Å². The highest BCUT2D eigenvalue weighted by atomic mass is 19.3. The maximum atomic E-state index is 13.2. The van der Waals surface area contributed by atoms with E-state index < -0.39 is 11.5 Å². The van der Waals surface area contributed by atoms with Crippen molar-refractivity contribution in [3.8, 4) is 0 Å². The molecule has 1 aromatic heterocycles. The number of halogens is 2. The molecule has 2 aliphatic rings. The SMILES string of the molecule is OC1(CNc2cc([C@H]3CCOC3)ncn2)CCC(F)(F)CC1. The fourth-order valence-electron chi connectivity index (χ4n) is 2.97. The quantitative estimate of drug-likeness (QED) is 0.893. The number of hydrogen-bond donors (Lipinski definition) is 2. The zero-order valence-electron chi connectivity index (χ0n) is 12.4. The van der Waals surface area contributed by atoms with Crippen molar-refractivity contribution in [2.75, 3.05) is 25.1 Å². The maximum Gasteiger partial charge on any atom is 0.248 e. The molecule has 1 aliphatic carbocycles. The van der Waals surface area contributed by atoms with E-state index in [0.29, 0.717) is 12.4 Å². The summed E-state index contributed by atoms with van der Waals surface area (Å²) in [5.41, 5.74) is -0.180. The Bertz CT molecular complexity index is 511. The van der Waals surface area contributed by atoms with Gasteiger partial charge < -0.3 is 15.2 Å². The van der Waals surface area contributed by atoms with Gasteiger partial charge in [-0.15, -0.1) is 0 Å². The van der Waals surface area contributed by atoms with E-state index in [4.69, 9.17) is 4.74 Å². The van der Waals surface area contributed by atoms with Crippen molar-refractivity contribution < 1.29 is 18.6 Å². The van der Waals surface area contributed by atoms with Crippen LogP contribution in [-0.4, -0.2) is 46.4 Å². The second kappa shape index (κ2) is 6.04. The average molecular weight is 313 g/mol. The van der Waals surface area contributed by atoms with E-state index in [2.05, 4.69) is 15.3 Å². The fraction of sp³-hybridized carbons (Fsp3) is 0.733. The van der Waals surface area contributed by atoms with Gasteiger partial charge in [-0.05, 0) is 19.3 Å². The molecule has 1 aromatic rings. The number of rotatable bonds is 4. The lowest BCUT2D eigenvalue weighted by Crippen LogP contribution is -2.43. The molecule has 5 nitrogen and oxygen atoms in total. The van der Waals surface area contributed by atoms with Crippen LogP contribution in [-0.2, 0) is 4.74 Å². The summed E-state index contributed by atoms with van der Waals surface area (Å²) >= 11 is 0. The van der Waals surface area contributed by atoms with Gasteiger partial charge >= 0.3 is 0 Å². The topological polar surface area (TPSA) is 67.3 Å². The standard InChI is InChI=1S/C15H21F2N3O2/c16-15(17)4-2-14(21,3-5-15)9-18-13-7-12(19-10-20-13)11-1-6-22-8-11/h7,10-11,21H,1-6,8-9H2,(H,18,19,20)/t11-/m0/s1. The number of aliphatic hydroxyl groups is 1. The number of alkyl halides is 2. The molecule has 0 unspecified atom stereocenters. The molecule has 1 atom stereocenters. The molecular weight excluding hydrogens is 292 g/mol. The fourth-order valence-corrected chi connectivity index (χ4v) is 2.97. The van der Waals surface area contributed by atoms with E-state index in [-0.39, 0.29) is 38.1 Å². The molecular formula is C15H21F2N3O2. The summed E-state index contributed by atoms with van der Waals surface area (Å²) in [6, 6.07) is 1.85. The molecule has 2 heterocycles. The lowest BCUT2D eigenvalue weighted by atomic mass is 9.83. The first-order chi connectivity index (χ1) is 10.5. The number of nitrogens with zero attached hydrogens (tertiary/aromatic N) is 2. The number of hydrogen-bond acceptors (Lipinski definition) is 5. The minimum absolute atomic E-state index is 0.0986. The van der Waals surface area contributed by atoms with Crippen LogP contribution >= 0.6 is 0 Å². The molecule has 0 amide bonds. The summed E-state index contributed by atoms with van der Waals surface area (Å²) in [6.07, 6.45) is 2.09. The van der Waals surface area contributed by atoms with Crippen LogP contribution in [0.3, 0.4) is 0 Å². The molecule has 22 heavy (non-hydrogen) atoms. The van der Waals surface area contributed by atoms with Gasteiger partial charge in [0.1, 0.15) is 12.1 Å². The number of ether oxygens (including phenoxy) is 1. The highest BCUT2D eigenvalue weighted by molar-refractivity contribution is 5.36. The monoisotopic (exact) mass is 313 g/mol. The summed E-state index contributed by atoms with van der Waals surface area (Å²) in [6.45, 7) is 1.63. The molecule has 0 spiro atoms. The van der Waals surface area contributed by atoms with Gasteiger partial charge in [-0.3, -0.25) is 0 Å². The molecule has 0 aromatic carbocycles. The first kappa shape index (κ1) is 15.6. The molecule has 1 aliphatic heterocycles. The van der Waals surface area contributed by atoms with Crippen LogP contribution in [0.1, 0.15) is 43.7 Å². The summed E-state index contributed by atoms with van der Waals surface area (Å²) in [5, 5.41) is 13.4. The zero-order valence-corrected chi connectivity index (χ0v) is 12.4. The van der Waals surface area contributed by atoms with Crippen molar-refractivity contribution in [2.24, 2.45) is 0 Å². The summed E-state index contributed by atoms with van der Waals surface area (Å²) in [7, 11) is 0. The van der Waals surface area contributed by atoms with E-state index in [1.54, 1.807) is 0 Å². The Morgan fingerprint density at radius 2 is 2.05 bits per heavy atom. The third-order valence-corrected chi connectivity index (χ3v) is 4.55. The van der Waals surface area contributed by atoms with E-state index in [0.717, 1.165) is 18.7 Å². The molecule has 1 saturated carbocycles. The Kier molecular flexibility index (Phi) is 4.27. The number of aromatic nitrogens is 2. The Hall–Kier alpha value is -1.34. The van der Waals surface area contributed by atoms with Crippen LogP contribution in [0.2, 0.25) is 0 Å². The van der Waals surface area contributed by atoms with Gasteiger partial charge in [-0.2, -0.15) is 0 Å². The first-order valence-corrected chi connectivity index (χ1v) is 7.70. The Morgan fingerprint density at radius 1 is 1.27 bits per heavy atom. The minimum Gasteiger partial charge on any atom is -0.388 e. The van der Waals surface area contributed by atoms with E-state index in [1.807, 2.05) is 6.07 Å². The van der Waals surface area contributed by atoms with Gasteiger partial charge in [0.25, 0.3) is 0 Å². The molecule has 0 bridgehead atoms. The van der Waals surface area contributed by atoms with Crippen LogP contribution in [0.25, 0.3) is 0 Å². The van der Waals surface area contributed by atoms with Gasteiger partial charge in [-0.25, -0.2) is 18.7 Å². The van der Waals surface area contributed by atoms with E-state index in [9.17, 15) is 13.9 Å². The first-order valence-electron chi connectivity index (χ1n) is 7.70. The largest absolute Gasteiger partial charge is 0.388 e. The highest BCUT2D eigenvalue weighted by Gasteiger charge is 2.42. The third kappa shape index (κ3) is 3.70. The average Bonchev–Trinajstić information content (AvgIpc) is 3.04. The molecule has 3 rings (SSSR count). The number of anilines is 1. The number of nitrogens with one attached hydrogen (secondary N) is 1. The second-order valence-corrected chi connectivity index (χ2v) is 6.32. The second-order valence-electron chi connectivity index (χ2n) is 6.32. The predicted molar refractivity (Wildman–Crippen MR) is 77.1 cm³/mol. The molecule has 122 valence electrons. The molecule has 1 saturated heterocycles. The van der Waals surface area contributed by atoms with Gasteiger partial charge in [0, 0.05) is 38.0 Å². The molecule has 0 radical (unpaired) electrons. The normalized spacial score (nSPS) is 26.8. The zero-order chi connectivity index (χ0) is 15.6. The lowest BCUT2D eigenvalue weighted by Gasteiger charge is -2.36. The summed E-state index contributed by atoms with van der Waals surface area (Å²) in [4.78, 5) is 8.39. The van der Waals surface area contributed by atoms with E-state index >= 15 is 0 Å². The van der Waals surface area contributed by atoms with Crippen molar-refractivity contribution in [1.82, 2.24) is 9.97 Å². The summed E-state index contributed by atoms with van der Waals surface area (Å²) < 4.78 is 31.7. The summed E-state index contributed by atoms with van der Waals surface area (Å²) in [5.74, 6) is -1.75. The minimum atomic E-state index is -2.64. The Labute approximate surface area is 128 Å². The van der Waals surface area contributed by atoms with Crippen molar-refractivity contribution >= 4 is 5.82 Å². The van der Waals surface area contributed by atoms with Gasteiger partial charge in [0.15, 0.2) is 0 Å². The Balaban J connectivity index is 1.58. The van der Waals surface area contributed by atoms with Gasteiger partial charge in [0.05, 0.1) is 17.9 Å². The van der Waals surface area contributed by atoms with Crippen LogP contribution in [0, 0.1) is 0 Å². The van der Waals surface area contributed by atoms with Crippen molar-refractivity contribution in [3.05, 3.63) is 18.1 Å².